The number of amides is 1. The third-order valence-corrected chi connectivity index (χ3v) is 3.42. The molecular formula is C12H14N2OS. The Morgan fingerprint density at radius 3 is 2.75 bits per heavy atom. The van der Waals surface area contributed by atoms with E-state index in [0.29, 0.717) is 6.54 Å². The second kappa shape index (κ2) is 4.70. The maximum Gasteiger partial charge on any atom is 0.242 e. The quantitative estimate of drug-likeness (QED) is 0.736. The number of nitrogens with zero attached hydrogens (tertiary/aromatic N) is 2. The summed E-state index contributed by atoms with van der Waals surface area (Å²) >= 11 is 1.35. The van der Waals surface area contributed by atoms with Crippen LogP contribution in [0.3, 0.4) is 0 Å². The molecule has 84 valence electrons. The standard InChI is InChI=1S/C12H14N2OS/c1-9-12(15)14(10(2)13-16-9)8-11-6-4-3-5-7-11/h3-7,9H,8H2,1-2H3. The van der Waals surface area contributed by atoms with E-state index in [0.717, 1.165) is 11.4 Å². The molecule has 0 saturated heterocycles. The molecule has 1 aliphatic heterocycles. The van der Waals surface area contributed by atoms with Gasteiger partial charge in [-0.2, -0.15) is 0 Å². The highest BCUT2D eigenvalue weighted by atomic mass is 32.2. The van der Waals surface area contributed by atoms with Crippen molar-refractivity contribution in [1.29, 1.82) is 0 Å². The molecule has 1 aliphatic rings. The number of hydrogen-bond donors (Lipinski definition) is 0. The van der Waals surface area contributed by atoms with Gasteiger partial charge >= 0.3 is 0 Å². The second-order valence-corrected chi connectivity index (χ2v) is 4.90. The first-order chi connectivity index (χ1) is 7.68. The van der Waals surface area contributed by atoms with Crippen molar-refractivity contribution in [2.45, 2.75) is 25.6 Å². The summed E-state index contributed by atoms with van der Waals surface area (Å²) in [5.41, 5.74) is 1.13. The summed E-state index contributed by atoms with van der Waals surface area (Å²) in [7, 11) is 0. The Hall–Kier alpha value is -1.29. The normalized spacial score (nSPS) is 20.9. The van der Waals surface area contributed by atoms with Gasteiger partial charge in [0.15, 0.2) is 0 Å². The van der Waals surface area contributed by atoms with Crippen LogP contribution in [0.5, 0.6) is 0 Å². The van der Waals surface area contributed by atoms with Gasteiger partial charge in [-0.15, -0.1) is 0 Å². The van der Waals surface area contributed by atoms with Gasteiger partial charge < -0.3 is 0 Å². The average molecular weight is 234 g/mol. The summed E-state index contributed by atoms with van der Waals surface area (Å²) in [6, 6.07) is 9.98. The summed E-state index contributed by atoms with van der Waals surface area (Å²) in [4.78, 5) is 13.7. The zero-order chi connectivity index (χ0) is 11.5. The molecule has 0 N–H and O–H groups in total. The smallest absolute Gasteiger partial charge is 0.242 e. The van der Waals surface area contributed by atoms with Crippen LogP contribution in [-0.4, -0.2) is 21.9 Å². The van der Waals surface area contributed by atoms with Crippen LogP contribution in [0.1, 0.15) is 19.4 Å². The van der Waals surface area contributed by atoms with E-state index in [1.165, 1.54) is 11.9 Å². The van der Waals surface area contributed by atoms with Crippen LogP contribution >= 0.6 is 11.9 Å². The topological polar surface area (TPSA) is 32.7 Å². The van der Waals surface area contributed by atoms with Crippen LogP contribution in [0.25, 0.3) is 0 Å². The third kappa shape index (κ3) is 2.27. The van der Waals surface area contributed by atoms with Crippen molar-refractivity contribution in [3.05, 3.63) is 35.9 Å². The maximum atomic E-state index is 12.0. The lowest BCUT2D eigenvalue weighted by Gasteiger charge is -2.28. The molecule has 1 unspecified atom stereocenters. The average Bonchev–Trinajstić information content (AvgIpc) is 2.31. The summed E-state index contributed by atoms with van der Waals surface area (Å²) in [5, 5.41) is -0.0765. The first-order valence-electron chi connectivity index (χ1n) is 5.24. The van der Waals surface area contributed by atoms with Gasteiger partial charge in [0.25, 0.3) is 0 Å². The van der Waals surface area contributed by atoms with Gasteiger partial charge in [0, 0.05) is 0 Å². The number of amidine groups is 1. The molecule has 16 heavy (non-hydrogen) atoms. The Morgan fingerprint density at radius 1 is 1.38 bits per heavy atom. The van der Waals surface area contributed by atoms with Crippen LogP contribution in [0.2, 0.25) is 0 Å². The van der Waals surface area contributed by atoms with Gasteiger partial charge in [-0.05, 0) is 31.4 Å². The lowest BCUT2D eigenvalue weighted by Crippen LogP contribution is -2.41. The lowest BCUT2D eigenvalue weighted by atomic mass is 10.2. The number of benzene rings is 1. The molecule has 0 saturated carbocycles. The highest BCUT2D eigenvalue weighted by Crippen LogP contribution is 2.22. The van der Waals surface area contributed by atoms with Crippen molar-refractivity contribution in [3.8, 4) is 0 Å². The van der Waals surface area contributed by atoms with Crippen molar-refractivity contribution in [1.82, 2.24) is 4.90 Å². The Balaban J connectivity index is 2.17. The van der Waals surface area contributed by atoms with E-state index in [1.54, 1.807) is 4.90 Å². The molecule has 4 heteroatoms. The van der Waals surface area contributed by atoms with Crippen molar-refractivity contribution in [2.75, 3.05) is 0 Å². The van der Waals surface area contributed by atoms with Crippen molar-refractivity contribution in [3.63, 3.8) is 0 Å². The Bertz CT molecular complexity index is 416. The van der Waals surface area contributed by atoms with Crippen LogP contribution < -0.4 is 0 Å². The van der Waals surface area contributed by atoms with Gasteiger partial charge in [0.1, 0.15) is 11.1 Å². The van der Waals surface area contributed by atoms with E-state index in [4.69, 9.17) is 0 Å². The minimum Gasteiger partial charge on any atom is -0.295 e. The molecule has 1 aromatic carbocycles. The molecule has 0 bridgehead atoms. The minimum absolute atomic E-state index is 0.0765. The van der Waals surface area contributed by atoms with E-state index >= 15 is 0 Å². The van der Waals surface area contributed by atoms with Gasteiger partial charge in [-0.1, -0.05) is 30.3 Å². The van der Waals surface area contributed by atoms with Crippen molar-refractivity contribution >= 4 is 23.7 Å². The van der Waals surface area contributed by atoms with Crippen LogP contribution in [0.15, 0.2) is 34.7 Å². The zero-order valence-corrected chi connectivity index (χ0v) is 10.2. The first-order valence-corrected chi connectivity index (χ1v) is 6.08. The Kier molecular flexibility index (Phi) is 3.29. The molecule has 0 spiro atoms. The largest absolute Gasteiger partial charge is 0.295 e. The molecule has 2 rings (SSSR count). The van der Waals surface area contributed by atoms with Gasteiger partial charge in [-0.3, -0.25) is 9.69 Å². The summed E-state index contributed by atoms with van der Waals surface area (Å²) in [6.07, 6.45) is 0. The zero-order valence-electron chi connectivity index (χ0n) is 9.38. The number of hydrogen-bond acceptors (Lipinski definition) is 3. The fourth-order valence-electron chi connectivity index (χ4n) is 1.59. The van der Waals surface area contributed by atoms with Crippen LogP contribution in [0, 0.1) is 0 Å². The number of rotatable bonds is 2. The van der Waals surface area contributed by atoms with Crippen LogP contribution in [-0.2, 0) is 11.3 Å². The van der Waals surface area contributed by atoms with E-state index < -0.39 is 0 Å². The van der Waals surface area contributed by atoms with Crippen LogP contribution in [0.4, 0.5) is 0 Å². The van der Waals surface area contributed by atoms with Crippen molar-refractivity contribution < 1.29 is 4.79 Å². The van der Waals surface area contributed by atoms with Gasteiger partial charge in [0.2, 0.25) is 5.91 Å². The van der Waals surface area contributed by atoms with E-state index in [1.807, 2.05) is 44.2 Å². The maximum absolute atomic E-state index is 12.0. The Labute approximate surface area is 99.7 Å². The summed E-state index contributed by atoms with van der Waals surface area (Å²) < 4.78 is 4.28. The van der Waals surface area contributed by atoms with E-state index in [2.05, 4.69) is 4.40 Å². The Morgan fingerprint density at radius 2 is 2.06 bits per heavy atom. The van der Waals surface area contributed by atoms with Gasteiger partial charge in [0.05, 0.1) is 6.54 Å². The highest BCUT2D eigenvalue weighted by molar-refractivity contribution is 7.99. The number of carbonyl (C=O) groups excluding carboxylic acids is 1. The molecule has 0 aromatic heterocycles. The SMILES string of the molecule is CC1=NSC(C)C(=O)N1Cc1ccccc1. The van der Waals surface area contributed by atoms with Gasteiger partial charge in [-0.25, -0.2) is 4.40 Å². The molecule has 0 fully saturated rings. The van der Waals surface area contributed by atoms with E-state index in [9.17, 15) is 4.79 Å². The summed E-state index contributed by atoms with van der Waals surface area (Å²) in [5.74, 6) is 0.929. The molecule has 1 amide bonds. The van der Waals surface area contributed by atoms with E-state index in [-0.39, 0.29) is 11.2 Å². The molecule has 1 heterocycles. The first kappa shape index (κ1) is 11.2. The molecule has 1 atom stereocenters. The van der Waals surface area contributed by atoms with Crippen molar-refractivity contribution in [2.24, 2.45) is 4.40 Å². The lowest BCUT2D eigenvalue weighted by molar-refractivity contribution is -0.127. The third-order valence-electron chi connectivity index (χ3n) is 2.53. The molecule has 0 radical (unpaired) electrons. The predicted octanol–water partition coefficient (Wildman–Crippen LogP) is 2.48. The highest BCUT2D eigenvalue weighted by Gasteiger charge is 2.27. The monoisotopic (exact) mass is 234 g/mol. The second-order valence-electron chi connectivity index (χ2n) is 3.80. The fourth-order valence-corrected chi connectivity index (χ4v) is 2.21. The summed E-state index contributed by atoms with van der Waals surface area (Å²) in [6.45, 7) is 4.38. The molecule has 0 aliphatic carbocycles. The minimum atomic E-state index is -0.0765. The number of carbonyl (C=O) groups is 1. The molecule has 3 nitrogen and oxygen atoms in total. The predicted molar refractivity (Wildman–Crippen MR) is 67.2 cm³/mol. The molecular weight excluding hydrogens is 220 g/mol. The fraction of sp³-hybridized carbons (Fsp3) is 0.333. The molecule has 1 aromatic rings.